The number of benzene rings is 1. The molecule has 1 saturated heterocycles. The van der Waals surface area contributed by atoms with Crippen molar-refractivity contribution in [2.24, 2.45) is 0 Å². The minimum Gasteiger partial charge on any atom is -0.445 e. The van der Waals surface area contributed by atoms with Crippen LogP contribution < -0.4 is 10.6 Å². The molecule has 1 atom stereocenters. The Morgan fingerprint density at radius 3 is 2.83 bits per heavy atom. The van der Waals surface area contributed by atoms with Gasteiger partial charge in [-0.1, -0.05) is 30.3 Å². The molecular formula is C13H19ClN2O2. The van der Waals surface area contributed by atoms with Gasteiger partial charge < -0.3 is 15.4 Å². The molecule has 1 fully saturated rings. The predicted octanol–water partition coefficient (Wildman–Crippen LogP) is 2.09. The van der Waals surface area contributed by atoms with Crippen LogP contribution in [-0.2, 0) is 11.3 Å². The predicted molar refractivity (Wildman–Crippen MR) is 72.9 cm³/mol. The lowest BCUT2D eigenvalue weighted by atomic mass is 10.2. The van der Waals surface area contributed by atoms with Gasteiger partial charge >= 0.3 is 6.09 Å². The van der Waals surface area contributed by atoms with E-state index in [1.54, 1.807) is 0 Å². The van der Waals surface area contributed by atoms with Crippen LogP contribution in [0.2, 0.25) is 0 Å². The molecule has 0 bridgehead atoms. The van der Waals surface area contributed by atoms with Crippen LogP contribution in [0.4, 0.5) is 4.79 Å². The van der Waals surface area contributed by atoms with Gasteiger partial charge in [0.25, 0.3) is 0 Å². The molecule has 0 radical (unpaired) electrons. The van der Waals surface area contributed by atoms with Crippen molar-refractivity contribution in [3.8, 4) is 0 Å². The van der Waals surface area contributed by atoms with Crippen LogP contribution in [0.3, 0.4) is 0 Å². The Bertz CT molecular complexity index is 353. The zero-order valence-electron chi connectivity index (χ0n) is 10.2. The molecule has 0 unspecified atom stereocenters. The fourth-order valence-corrected chi connectivity index (χ4v) is 1.91. The highest BCUT2D eigenvalue weighted by atomic mass is 35.5. The summed E-state index contributed by atoms with van der Waals surface area (Å²) in [6, 6.07) is 10.1. The maximum atomic E-state index is 11.4. The first-order valence-electron chi connectivity index (χ1n) is 6.02. The molecule has 4 nitrogen and oxygen atoms in total. The van der Waals surface area contributed by atoms with Gasteiger partial charge in [0, 0.05) is 12.6 Å². The number of carbonyl (C=O) groups is 1. The van der Waals surface area contributed by atoms with Crippen molar-refractivity contribution >= 4 is 18.5 Å². The Balaban J connectivity index is 0.00000162. The minimum atomic E-state index is -0.345. The van der Waals surface area contributed by atoms with Crippen molar-refractivity contribution in [3.05, 3.63) is 35.9 Å². The first kappa shape index (κ1) is 14.8. The monoisotopic (exact) mass is 270 g/mol. The second-order valence-electron chi connectivity index (χ2n) is 4.24. The Morgan fingerprint density at radius 1 is 1.39 bits per heavy atom. The molecule has 0 spiro atoms. The van der Waals surface area contributed by atoms with Gasteiger partial charge in [0.15, 0.2) is 0 Å². The Labute approximate surface area is 114 Å². The third kappa shape index (κ3) is 4.94. The van der Waals surface area contributed by atoms with Crippen molar-refractivity contribution in [2.45, 2.75) is 25.5 Å². The summed E-state index contributed by atoms with van der Waals surface area (Å²) in [5, 5.41) is 6.09. The largest absolute Gasteiger partial charge is 0.445 e. The molecule has 0 aliphatic carbocycles. The molecule has 100 valence electrons. The first-order chi connectivity index (χ1) is 8.34. The number of alkyl carbamates (subject to hydrolysis) is 1. The number of carbonyl (C=O) groups excluding carboxylic acids is 1. The number of hydrogen-bond donors (Lipinski definition) is 2. The van der Waals surface area contributed by atoms with E-state index in [9.17, 15) is 4.79 Å². The van der Waals surface area contributed by atoms with Crippen LogP contribution in [0.25, 0.3) is 0 Å². The fourth-order valence-electron chi connectivity index (χ4n) is 1.91. The van der Waals surface area contributed by atoms with Crippen molar-refractivity contribution in [3.63, 3.8) is 0 Å². The van der Waals surface area contributed by atoms with E-state index >= 15 is 0 Å². The smallest absolute Gasteiger partial charge is 0.407 e. The van der Waals surface area contributed by atoms with Gasteiger partial charge in [-0.2, -0.15) is 0 Å². The molecular weight excluding hydrogens is 252 g/mol. The summed E-state index contributed by atoms with van der Waals surface area (Å²) >= 11 is 0. The minimum absolute atomic E-state index is 0. The van der Waals surface area contributed by atoms with Gasteiger partial charge in [0.1, 0.15) is 6.61 Å². The van der Waals surface area contributed by atoms with Crippen molar-refractivity contribution in [1.29, 1.82) is 0 Å². The Morgan fingerprint density at radius 2 is 2.17 bits per heavy atom. The van der Waals surface area contributed by atoms with Crippen LogP contribution in [0.5, 0.6) is 0 Å². The van der Waals surface area contributed by atoms with Crippen molar-refractivity contribution in [1.82, 2.24) is 10.6 Å². The van der Waals surface area contributed by atoms with E-state index in [0.717, 1.165) is 18.5 Å². The number of halogens is 1. The van der Waals surface area contributed by atoms with Gasteiger partial charge in [-0.25, -0.2) is 4.79 Å². The average Bonchev–Trinajstić information content (AvgIpc) is 2.88. The zero-order chi connectivity index (χ0) is 11.9. The molecule has 1 heterocycles. The normalized spacial score (nSPS) is 17.9. The molecule has 2 N–H and O–H groups in total. The molecule has 1 aromatic carbocycles. The van der Waals surface area contributed by atoms with E-state index in [2.05, 4.69) is 10.6 Å². The van der Waals surface area contributed by atoms with Crippen LogP contribution in [0.15, 0.2) is 30.3 Å². The quantitative estimate of drug-likeness (QED) is 0.881. The fraction of sp³-hybridized carbons (Fsp3) is 0.462. The Kier molecular flexibility index (Phi) is 6.54. The van der Waals surface area contributed by atoms with Gasteiger partial charge in [-0.3, -0.25) is 0 Å². The van der Waals surface area contributed by atoms with Crippen molar-refractivity contribution < 1.29 is 9.53 Å². The van der Waals surface area contributed by atoms with Crippen LogP contribution in [0.1, 0.15) is 18.4 Å². The van der Waals surface area contributed by atoms with E-state index in [0.29, 0.717) is 19.2 Å². The summed E-state index contributed by atoms with van der Waals surface area (Å²) < 4.78 is 5.11. The third-order valence-corrected chi connectivity index (χ3v) is 2.87. The van der Waals surface area contributed by atoms with E-state index in [1.165, 1.54) is 6.42 Å². The lowest BCUT2D eigenvalue weighted by Gasteiger charge is -2.11. The second kappa shape index (κ2) is 7.95. The standard InChI is InChI=1S/C13H18N2O2.ClH/c16-13(15-9-12-7-4-8-14-12)17-10-11-5-2-1-3-6-11;/h1-3,5-6,12,14H,4,7-10H2,(H,15,16);1H/t12-;/m1./s1. The molecule has 18 heavy (non-hydrogen) atoms. The number of nitrogens with one attached hydrogen (secondary N) is 2. The highest BCUT2D eigenvalue weighted by Gasteiger charge is 2.14. The summed E-state index contributed by atoms with van der Waals surface area (Å²) in [7, 11) is 0. The molecule has 1 amide bonds. The maximum absolute atomic E-state index is 11.4. The summed E-state index contributed by atoms with van der Waals surface area (Å²) in [4.78, 5) is 11.4. The van der Waals surface area contributed by atoms with Gasteiger partial charge in [0.05, 0.1) is 0 Å². The summed E-state index contributed by atoms with van der Waals surface area (Å²) in [6.45, 7) is 2.02. The van der Waals surface area contributed by atoms with Crippen molar-refractivity contribution in [2.75, 3.05) is 13.1 Å². The Hall–Kier alpha value is -1.26. The average molecular weight is 271 g/mol. The second-order valence-corrected chi connectivity index (χ2v) is 4.24. The van der Waals surface area contributed by atoms with Crippen LogP contribution in [0, 0.1) is 0 Å². The topological polar surface area (TPSA) is 50.4 Å². The summed E-state index contributed by atoms with van der Waals surface area (Å²) in [5.41, 5.74) is 1.00. The number of hydrogen-bond acceptors (Lipinski definition) is 3. The van der Waals surface area contributed by atoms with E-state index < -0.39 is 0 Å². The highest BCUT2D eigenvalue weighted by molar-refractivity contribution is 5.85. The van der Waals surface area contributed by atoms with Gasteiger partial charge in [0.2, 0.25) is 0 Å². The SMILES string of the molecule is Cl.O=C(NC[C@H]1CCCN1)OCc1ccccc1. The third-order valence-electron chi connectivity index (χ3n) is 2.87. The molecule has 1 aromatic rings. The van der Waals surface area contributed by atoms with Gasteiger partial charge in [-0.05, 0) is 24.9 Å². The molecule has 1 aliphatic heterocycles. The van der Waals surface area contributed by atoms with E-state index in [4.69, 9.17) is 4.74 Å². The van der Waals surface area contributed by atoms with E-state index in [-0.39, 0.29) is 18.5 Å². The van der Waals surface area contributed by atoms with Gasteiger partial charge in [-0.15, -0.1) is 12.4 Å². The maximum Gasteiger partial charge on any atom is 0.407 e. The molecule has 0 saturated carbocycles. The number of ether oxygens (including phenoxy) is 1. The van der Waals surface area contributed by atoms with Crippen LogP contribution in [-0.4, -0.2) is 25.2 Å². The molecule has 1 aliphatic rings. The number of amides is 1. The lowest BCUT2D eigenvalue weighted by Crippen LogP contribution is -2.37. The zero-order valence-corrected chi connectivity index (χ0v) is 11.0. The first-order valence-corrected chi connectivity index (χ1v) is 6.02. The lowest BCUT2D eigenvalue weighted by molar-refractivity contribution is 0.139. The number of rotatable bonds is 4. The van der Waals surface area contributed by atoms with E-state index in [1.807, 2.05) is 30.3 Å². The molecule has 5 heteroatoms. The van der Waals surface area contributed by atoms with Crippen LogP contribution >= 0.6 is 12.4 Å². The summed E-state index contributed by atoms with van der Waals surface area (Å²) in [5.74, 6) is 0. The molecule has 0 aromatic heterocycles. The summed E-state index contributed by atoms with van der Waals surface area (Å²) in [6.07, 6.45) is 1.97. The highest BCUT2D eigenvalue weighted by Crippen LogP contribution is 2.04. The molecule has 2 rings (SSSR count).